The summed E-state index contributed by atoms with van der Waals surface area (Å²) in [6.07, 6.45) is 2.75. The van der Waals surface area contributed by atoms with Crippen LogP contribution in [0.1, 0.15) is 0 Å². The highest BCUT2D eigenvalue weighted by atomic mass is 32.2. The van der Waals surface area contributed by atoms with Crippen LogP contribution in [-0.2, 0) is 9.84 Å². The molecule has 1 aliphatic rings. The van der Waals surface area contributed by atoms with Crippen LogP contribution in [0.25, 0.3) is 0 Å². The minimum atomic E-state index is -3.50. The summed E-state index contributed by atoms with van der Waals surface area (Å²) in [5, 5.41) is 15.1. The lowest BCUT2D eigenvalue weighted by Crippen LogP contribution is -2.51. The number of piperazine rings is 1. The van der Waals surface area contributed by atoms with Gasteiger partial charge in [0.25, 0.3) is 5.69 Å². The summed E-state index contributed by atoms with van der Waals surface area (Å²) in [5.41, 5.74) is 0.214. The zero-order chi connectivity index (χ0) is 18.6. The molecule has 1 fully saturated rings. The molecule has 1 aromatic rings. The number of sulfone groups is 1. The molecule has 136 valence electrons. The molecule has 25 heavy (non-hydrogen) atoms. The van der Waals surface area contributed by atoms with E-state index in [1.807, 2.05) is 9.80 Å². The number of thiocarbonyl (C=S) groups is 1. The molecule has 1 aromatic carbocycles. The predicted octanol–water partition coefficient (Wildman–Crippen LogP) is 1.18. The monoisotopic (exact) mass is 384 g/mol. The van der Waals surface area contributed by atoms with Crippen molar-refractivity contribution in [3.05, 3.63) is 41.0 Å². The number of benzene rings is 1. The molecule has 0 atom stereocenters. The molecule has 1 heterocycles. The molecule has 0 radical (unpaired) electrons. The highest BCUT2D eigenvalue weighted by Crippen LogP contribution is 2.31. The van der Waals surface area contributed by atoms with Crippen molar-refractivity contribution in [3.8, 4) is 0 Å². The molecule has 0 bridgehead atoms. The Morgan fingerprint density at radius 2 is 2.04 bits per heavy atom. The quantitative estimate of drug-likeness (QED) is 0.350. The zero-order valence-corrected chi connectivity index (χ0v) is 15.5. The van der Waals surface area contributed by atoms with Crippen LogP contribution in [0, 0.1) is 10.1 Å². The van der Waals surface area contributed by atoms with E-state index in [1.54, 1.807) is 6.08 Å². The van der Waals surface area contributed by atoms with E-state index < -0.39 is 14.8 Å². The average Bonchev–Trinajstić information content (AvgIpc) is 2.58. The van der Waals surface area contributed by atoms with Gasteiger partial charge in [-0.3, -0.25) is 10.1 Å². The number of hydrogen-bond acceptors (Lipinski definition) is 6. The van der Waals surface area contributed by atoms with Crippen molar-refractivity contribution in [2.45, 2.75) is 4.90 Å². The van der Waals surface area contributed by atoms with Crippen LogP contribution in [-0.4, -0.2) is 62.3 Å². The van der Waals surface area contributed by atoms with Gasteiger partial charge in [-0.25, -0.2) is 8.42 Å². The Hall–Kier alpha value is -2.20. The molecular weight excluding hydrogens is 364 g/mol. The van der Waals surface area contributed by atoms with Crippen LogP contribution >= 0.6 is 12.2 Å². The fourth-order valence-electron chi connectivity index (χ4n) is 2.57. The van der Waals surface area contributed by atoms with Gasteiger partial charge in [-0.1, -0.05) is 6.08 Å². The standard InChI is InChI=1S/C15H20N4O4S2/c1-3-6-16-15(24)18-9-7-17(8-10-18)13-5-4-12(25(2,22)23)11-14(13)19(20)21/h3-5,11H,1,6-10H2,2H3,(H,16,24). The molecule has 2 rings (SSSR count). The second-order valence-electron chi connectivity index (χ2n) is 5.63. The van der Waals surface area contributed by atoms with Gasteiger partial charge < -0.3 is 15.1 Å². The van der Waals surface area contributed by atoms with Gasteiger partial charge in [-0.05, 0) is 24.4 Å². The number of anilines is 1. The lowest BCUT2D eigenvalue weighted by Gasteiger charge is -2.37. The lowest BCUT2D eigenvalue weighted by atomic mass is 10.2. The molecular formula is C15H20N4O4S2. The summed E-state index contributed by atoms with van der Waals surface area (Å²) >= 11 is 5.29. The maximum atomic E-state index is 11.6. The molecule has 1 saturated heterocycles. The smallest absolute Gasteiger partial charge is 0.293 e. The Kier molecular flexibility index (Phi) is 5.96. The normalized spacial score (nSPS) is 14.9. The summed E-state index contributed by atoms with van der Waals surface area (Å²) < 4.78 is 23.3. The van der Waals surface area contributed by atoms with Crippen molar-refractivity contribution >= 4 is 38.5 Å². The number of nitro benzene ring substituents is 1. The average molecular weight is 384 g/mol. The van der Waals surface area contributed by atoms with Crippen molar-refractivity contribution in [3.63, 3.8) is 0 Å². The third-order valence-electron chi connectivity index (χ3n) is 3.88. The first-order valence-electron chi connectivity index (χ1n) is 7.61. The first-order chi connectivity index (χ1) is 11.7. The van der Waals surface area contributed by atoms with E-state index in [9.17, 15) is 18.5 Å². The first-order valence-corrected chi connectivity index (χ1v) is 9.91. The first kappa shape index (κ1) is 19.1. The van der Waals surface area contributed by atoms with E-state index in [2.05, 4.69) is 11.9 Å². The lowest BCUT2D eigenvalue weighted by molar-refractivity contribution is -0.384. The summed E-state index contributed by atoms with van der Waals surface area (Å²) in [6, 6.07) is 4.02. The molecule has 0 unspecified atom stereocenters. The van der Waals surface area contributed by atoms with Gasteiger partial charge in [0.15, 0.2) is 14.9 Å². The molecule has 0 spiro atoms. The van der Waals surface area contributed by atoms with Gasteiger partial charge >= 0.3 is 0 Å². The van der Waals surface area contributed by atoms with Gasteiger partial charge in [-0.2, -0.15) is 0 Å². The SMILES string of the molecule is C=CCNC(=S)N1CCN(c2ccc(S(C)(=O)=O)cc2[N+](=O)[O-])CC1. The number of nitro groups is 1. The van der Waals surface area contributed by atoms with Gasteiger partial charge in [0, 0.05) is 45.0 Å². The molecule has 1 aliphatic heterocycles. The van der Waals surface area contributed by atoms with Gasteiger partial charge in [0.05, 0.1) is 9.82 Å². The Morgan fingerprint density at radius 1 is 1.40 bits per heavy atom. The topological polar surface area (TPSA) is 95.8 Å². The largest absolute Gasteiger partial charge is 0.362 e. The van der Waals surface area contributed by atoms with Crippen molar-refractivity contribution in [2.24, 2.45) is 0 Å². The van der Waals surface area contributed by atoms with E-state index in [-0.39, 0.29) is 10.6 Å². The third kappa shape index (κ3) is 4.67. The Bertz CT molecular complexity index is 787. The number of nitrogens with one attached hydrogen (secondary N) is 1. The van der Waals surface area contributed by atoms with E-state index >= 15 is 0 Å². The fraction of sp³-hybridized carbons (Fsp3) is 0.400. The molecule has 8 nitrogen and oxygen atoms in total. The van der Waals surface area contributed by atoms with Gasteiger partial charge in [-0.15, -0.1) is 6.58 Å². The number of rotatable bonds is 5. The fourth-order valence-corrected chi connectivity index (χ4v) is 3.48. The van der Waals surface area contributed by atoms with Crippen molar-refractivity contribution in [1.82, 2.24) is 10.2 Å². The second kappa shape index (κ2) is 7.79. The highest BCUT2D eigenvalue weighted by Gasteiger charge is 2.26. The van der Waals surface area contributed by atoms with E-state index in [0.29, 0.717) is 43.5 Å². The van der Waals surface area contributed by atoms with Gasteiger partial charge in [0.1, 0.15) is 5.69 Å². The molecule has 0 amide bonds. The molecule has 10 heteroatoms. The zero-order valence-electron chi connectivity index (χ0n) is 13.8. The van der Waals surface area contributed by atoms with E-state index in [1.165, 1.54) is 12.1 Å². The highest BCUT2D eigenvalue weighted by molar-refractivity contribution is 7.90. The van der Waals surface area contributed by atoms with Crippen LogP contribution < -0.4 is 10.2 Å². The molecule has 0 saturated carbocycles. The minimum Gasteiger partial charge on any atom is -0.362 e. The molecule has 0 aliphatic carbocycles. The summed E-state index contributed by atoms with van der Waals surface area (Å²) in [6.45, 7) is 6.54. The van der Waals surface area contributed by atoms with Gasteiger partial charge in [0.2, 0.25) is 0 Å². The maximum absolute atomic E-state index is 11.6. The Morgan fingerprint density at radius 3 is 2.56 bits per heavy atom. The Labute approximate surface area is 152 Å². The second-order valence-corrected chi connectivity index (χ2v) is 8.03. The van der Waals surface area contributed by atoms with E-state index in [0.717, 1.165) is 12.3 Å². The molecule has 1 N–H and O–H groups in total. The van der Waals surface area contributed by atoms with Crippen molar-refractivity contribution in [2.75, 3.05) is 43.9 Å². The third-order valence-corrected chi connectivity index (χ3v) is 5.39. The summed E-state index contributed by atoms with van der Waals surface area (Å²) in [5.74, 6) is 0. The van der Waals surface area contributed by atoms with Crippen molar-refractivity contribution < 1.29 is 13.3 Å². The van der Waals surface area contributed by atoms with Crippen LogP contribution in [0.5, 0.6) is 0 Å². The number of nitrogens with zero attached hydrogens (tertiary/aromatic N) is 3. The van der Waals surface area contributed by atoms with Crippen molar-refractivity contribution in [1.29, 1.82) is 0 Å². The summed E-state index contributed by atoms with van der Waals surface area (Å²) in [7, 11) is -3.50. The van der Waals surface area contributed by atoms with E-state index in [4.69, 9.17) is 12.2 Å². The molecule has 0 aromatic heterocycles. The van der Waals surface area contributed by atoms with Crippen LogP contribution in [0.4, 0.5) is 11.4 Å². The van der Waals surface area contributed by atoms with Crippen LogP contribution in [0.15, 0.2) is 35.7 Å². The maximum Gasteiger partial charge on any atom is 0.293 e. The predicted molar refractivity (Wildman–Crippen MR) is 101 cm³/mol. The minimum absolute atomic E-state index is 0.0589. The number of hydrogen-bond donors (Lipinski definition) is 1. The Balaban J connectivity index is 2.16. The van der Waals surface area contributed by atoms with Crippen LogP contribution in [0.2, 0.25) is 0 Å². The van der Waals surface area contributed by atoms with Crippen LogP contribution in [0.3, 0.4) is 0 Å². The summed E-state index contributed by atoms with van der Waals surface area (Å²) in [4.78, 5) is 14.6.